The predicted molar refractivity (Wildman–Crippen MR) is 90.8 cm³/mol. The molecule has 1 heterocycles. The van der Waals surface area contributed by atoms with E-state index in [4.69, 9.17) is 0 Å². The zero-order valence-electron chi connectivity index (χ0n) is 13.6. The summed E-state index contributed by atoms with van der Waals surface area (Å²) in [4.78, 5) is 17.2. The molecule has 1 aromatic heterocycles. The lowest BCUT2D eigenvalue weighted by molar-refractivity contribution is -0.117. The van der Waals surface area contributed by atoms with Crippen LogP contribution < -0.4 is 5.32 Å². The maximum atomic E-state index is 11.8. The fourth-order valence-corrected chi connectivity index (χ4v) is 3.52. The van der Waals surface area contributed by atoms with Gasteiger partial charge in [-0.1, -0.05) is 33.6 Å². The Labute approximate surface area is 136 Å². The van der Waals surface area contributed by atoms with Gasteiger partial charge in [0.2, 0.25) is 5.91 Å². The van der Waals surface area contributed by atoms with Gasteiger partial charge in [0.15, 0.2) is 0 Å². The number of amides is 1. The Hall–Kier alpha value is -1.20. The van der Waals surface area contributed by atoms with Crippen LogP contribution in [0.15, 0.2) is 12.3 Å². The lowest BCUT2D eigenvalue weighted by Gasteiger charge is -2.17. The number of hydrogen-bond donors (Lipinski definition) is 2. The number of hydrogen-bond acceptors (Lipinski definition) is 4. The number of rotatable bonds is 5. The van der Waals surface area contributed by atoms with E-state index < -0.39 is 6.10 Å². The quantitative estimate of drug-likeness (QED) is 0.819. The van der Waals surface area contributed by atoms with Gasteiger partial charge in [-0.2, -0.15) is 0 Å². The van der Waals surface area contributed by atoms with Crippen LogP contribution in [-0.2, 0) is 10.2 Å². The lowest BCUT2D eigenvalue weighted by Crippen LogP contribution is -2.34. The Balaban J connectivity index is 1.80. The van der Waals surface area contributed by atoms with Gasteiger partial charge in [0.25, 0.3) is 0 Å². The zero-order chi connectivity index (χ0) is 16.2. The largest absolute Gasteiger partial charge is 0.391 e. The van der Waals surface area contributed by atoms with Crippen LogP contribution in [-0.4, -0.2) is 28.6 Å². The van der Waals surface area contributed by atoms with Crippen molar-refractivity contribution in [3.05, 3.63) is 22.2 Å². The summed E-state index contributed by atoms with van der Waals surface area (Å²) in [6.07, 6.45) is 9.20. The molecular weight excluding hydrogens is 296 g/mol. The molecule has 0 saturated heterocycles. The molecule has 1 aromatic rings. The molecule has 1 atom stereocenters. The number of aliphatic hydroxyl groups is 1. The highest BCUT2D eigenvalue weighted by Gasteiger charge is 2.23. The van der Waals surface area contributed by atoms with Gasteiger partial charge in [0.05, 0.1) is 11.1 Å². The molecule has 2 rings (SSSR count). The Kier molecular flexibility index (Phi) is 5.75. The molecule has 1 aliphatic rings. The van der Waals surface area contributed by atoms with Gasteiger partial charge in [-0.15, -0.1) is 11.3 Å². The van der Waals surface area contributed by atoms with E-state index in [1.165, 1.54) is 18.9 Å². The second-order valence-electron chi connectivity index (χ2n) is 7.01. The van der Waals surface area contributed by atoms with E-state index in [-0.39, 0.29) is 11.3 Å². The normalized spacial score (nSPS) is 18.0. The molecular formula is C17H26N2O2S. The zero-order valence-corrected chi connectivity index (χ0v) is 14.4. The Morgan fingerprint density at radius 3 is 2.77 bits per heavy atom. The van der Waals surface area contributed by atoms with Gasteiger partial charge in [-0.3, -0.25) is 4.79 Å². The molecule has 0 aromatic carbocycles. The second-order valence-corrected chi connectivity index (χ2v) is 8.07. The van der Waals surface area contributed by atoms with Crippen LogP contribution in [0, 0.1) is 5.92 Å². The van der Waals surface area contributed by atoms with E-state index in [0.29, 0.717) is 12.5 Å². The lowest BCUT2D eigenvalue weighted by atomic mass is 9.98. The van der Waals surface area contributed by atoms with Gasteiger partial charge in [-0.25, -0.2) is 4.98 Å². The first-order chi connectivity index (χ1) is 10.4. The average molecular weight is 322 g/mol. The van der Waals surface area contributed by atoms with Crippen LogP contribution in [0.4, 0.5) is 0 Å². The summed E-state index contributed by atoms with van der Waals surface area (Å²) in [5.41, 5.74) is 0.0322. The molecule has 1 aliphatic carbocycles. The van der Waals surface area contributed by atoms with E-state index in [1.54, 1.807) is 23.6 Å². The third kappa shape index (κ3) is 4.92. The molecule has 0 spiro atoms. The molecule has 0 radical (unpaired) electrons. The number of nitrogens with zero attached hydrogens (tertiary/aromatic N) is 1. The molecule has 122 valence electrons. The van der Waals surface area contributed by atoms with E-state index in [2.05, 4.69) is 31.1 Å². The Bertz CT molecular complexity index is 525. The SMILES string of the molecule is CC(C)(C)c1ncc(/C=C/C(=O)NCC(O)C2CCCC2)s1. The molecule has 2 N–H and O–H groups in total. The summed E-state index contributed by atoms with van der Waals surface area (Å²) in [6.45, 7) is 6.70. The molecule has 5 heteroatoms. The van der Waals surface area contributed by atoms with Gasteiger partial charge in [0, 0.05) is 29.1 Å². The van der Waals surface area contributed by atoms with E-state index in [0.717, 1.165) is 22.7 Å². The minimum absolute atomic E-state index is 0.0322. The standard InChI is InChI=1S/C17H26N2O2S/c1-17(2,3)16-19-10-13(22-16)8-9-15(21)18-11-14(20)12-6-4-5-7-12/h8-10,12,14,20H,4-7,11H2,1-3H3,(H,18,21)/b9-8+. The fourth-order valence-electron chi connectivity index (χ4n) is 2.64. The first kappa shape index (κ1) is 17.2. The molecule has 1 saturated carbocycles. The van der Waals surface area contributed by atoms with Crippen LogP contribution >= 0.6 is 11.3 Å². The van der Waals surface area contributed by atoms with Crippen LogP contribution in [0.3, 0.4) is 0 Å². The van der Waals surface area contributed by atoms with Crippen molar-refractivity contribution in [1.29, 1.82) is 0 Å². The molecule has 22 heavy (non-hydrogen) atoms. The topological polar surface area (TPSA) is 62.2 Å². The maximum Gasteiger partial charge on any atom is 0.244 e. The first-order valence-electron chi connectivity index (χ1n) is 7.96. The fraction of sp³-hybridized carbons (Fsp3) is 0.647. The van der Waals surface area contributed by atoms with E-state index in [1.807, 2.05) is 0 Å². The van der Waals surface area contributed by atoms with Crippen LogP contribution in [0.25, 0.3) is 6.08 Å². The average Bonchev–Trinajstić information content (AvgIpc) is 3.12. The smallest absolute Gasteiger partial charge is 0.244 e. The Morgan fingerprint density at radius 2 is 2.18 bits per heavy atom. The molecule has 1 unspecified atom stereocenters. The van der Waals surface area contributed by atoms with Crippen molar-refractivity contribution in [2.24, 2.45) is 5.92 Å². The minimum Gasteiger partial charge on any atom is -0.391 e. The third-order valence-electron chi connectivity index (χ3n) is 3.99. The molecule has 1 fully saturated rings. The van der Waals surface area contributed by atoms with Crippen molar-refractivity contribution in [3.8, 4) is 0 Å². The highest BCUT2D eigenvalue weighted by atomic mass is 32.1. The predicted octanol–water partition coefficient (Wildman–Crippen LogP) is 3.12. The Morgan fingerprint density at radius 1 is 1.50 bits per heavy atom. The summed E-state index contributed by atoms with van der Waals surface area (Å²) in [5.74, 6) is 0.183. The van der Waals surface area contributed by atoms with Crippen molar-refractivity contribution in [3.63, 3.8) is 0 Å². The van der Waals surface area contributed by atoms with E-state index >= 15 is 0 Å². The molecule has 4 nitrogen and oxygen atoms in total. The van der Waals surface area contributed by atoms with Crippen LogP contribution in [0.1, 0.15) is 56.3 Å². The number of carbonyl (C=O) groups is 1. The number of aromatic nitrogens is 1. The number of carbonyl (C=O) groups excluding carboxylic acids is 1. The van der Waals surface area contributed by atoms with Crippen molar-refractivity contribution in [2.75, 3.05) is 6.54 Å². The number of aliphatic hydroxyl groups excluding tert-OH is 1. The molecule has 1 amide bonds. The van der Waals surface area contributed by atoms with Gasteiger partial charge in [0.1, 0.15) is 0 Å². The second kappa shape index (κ2) is 7.38. The minimum atomic E-state index is -0.421. The maximum absolute atomic E-state index is 11.8. The summed E-state index contributed by atoms with van der Waals surface area (Å²) in [7, 11) is 0. The third-order valence-corrected chi connectivity index (χ3v) is 5.38. The van der Waals surface area contributed by atoms with Gasteiger partial charge in [-0.05, 0) is 24.8 Å². The van der Waals surface area contributed by atoms with Crippen molar-refractivity contribution in [2.45, 2.75) is 58.0 Å². The van der Waals surface area contributed by atoms with E-state index in [9.17, 15) is 9.90 Å². The first-order valence-corrected chi connectivity index (χ1v) is 8.78. The van der Waals surface area contributed by atoms with Crippen molar-refractivity contribution < 1.29 is 9.90 Å². The number of thiazole rings is 1. The van der Waals surface area contributed by atoms with Crippen molar-refractivity contribution >= 4 is 23.3 Å². The highest BCUT2D eigenvalue weighted by molar-refractivity contribution is 7.12. The monoisotopic (exact) mass is 322 g/mol. The molecule has 0 aliphatic heterocycles. The summed E-state index contributed by atoms with van der Waals surface area (Å²) in [6, 6.07) is 0. The highest BCUT2D eigenvalue weighted by Crippen LogP contribution is 2.28. The summed E-state index contributed by atoms with van der Waals surface area (Å²) in [5, 5.41) is 13.9. The molecule has 0 bridgehead atoms. The number of nitrogens with one attached hydrogen (secondary N) is 1. The van der Waals surface area contributed by atoms with Crippen LogP contribution in [0.5, 0.6) is 0 Å². The summed E-state index contributed by atoms with van der Waals surface area (Å²) >= 11 is 1.60. The summed E-state index contributed by atoms with van der Waals surface area (Å²) < 4.78 is 0. The van der Waals surface area contributed by atoms with Gasteiger partial charge < -0.3 is 10.4 Å². The van der Waals surface area contributed by atoms with Crippen molar-refractivity contribution in [1.82, 2.24) is 10.3 Å². The van der Waals surface area contributed by atoms with Crippen LogP contribution in [0.2, 0.25) is 0 Å². The van der Waals surface area contributed by atoms with Gasteiger partial charge >= 0.3 is 0 Å².